The zero-order valence-electron chi connectivity index (χ0n) is 8.24. The SMILES string of the molecule is CC(=NNC(N)=O)P(C)(=O)O.[H-].[Na+]. The summed E-state index contributed by atoms with van der Waals surface area (Å²) in [5, 5.41) is 3.27. The van der Waals surface area contributed by atoms with Crippen molar-refractivity contribution in [1.82, 2.24) is 5.43 Å². The molecule has 1 atom stereocenters. The molecule has 0 bridgehead atoms. The van der Waals surface area contributed by atoms with E-state index in [9.17, 15) is 9.36 Å². The van der Waals surface area contributed by atoms with Crippen molar-refractivity contribution < 1.29 is 45.2 Å². The molecule has 2 amide bonds. The topological polar surface area (TPSA) is 105 Å². The quantitative estimate of drug-likeness (QED) is 0.193. The molecular formula is C4H11N3NaO3P. The Bertz CT molecular complexity index is 241. The molecule has 0 aromatic heterocycles. The Morgan fingerprint density at radius 2 is 2.17 bits per heavy atom. The number of urea groups is 1. The van der Waals surface area contributed by atoms with E-state index in [1.807, 2.05) is 5.43 Å². The van der Waals surface area contributed by atoms with Crippen LogP contribution in [0.5, 0.6) is 0 Å². The number of hydrogen-bond donors (Lipinski definition) is 3. The van der Waals surface area contributed by atoms with Crippen molar-refractivity contribution in [3.63, 3.8) is 0 Å². The van der Waals surface area contributed by atoms with Crippen LogP contribution in [-0.4, -0.2) is 23.0 Å². The number of nitrogens with two attached hydrogens (primary N) is 1. The second-order valence-electron chi connectivity index (χ2n) is 2.01. The van der Waals surface area contributed by atoms with Gasteiger partial charge in [-0.1, -0.05) is 0 Å². The third kappa shape index (κ3) is 6.82. The first-order valence-corrected chi connectivity index (χ1v) is 4.85. The van der Waals surface area contributed by atoms with Gasteiger partial charge in [-0.05, 0) is 6.92 Å². The molecule has 0 aliphatic rings. The van der Waals surface area contributed by atoms with Crippen LogP contribution in [0.1, 0.15) is 8.35 Å². The van der Waals surface area contributed by atoms with Gasteiger partial charge in [-0.2, -0.15) is 5.10 Å². The molecule has 0 fully saturated rings. The Morgan fingerprint density at radius 3 is 2.42 bits per heavy atom. The first-order valence-electron chi connectivity index (χ1n) is 2.74. The first kappa shape index (κ1) is 14.6. The molecule has 0 heterocycles. The second-order valence-corrected chi connectivity index (χ2v) is 4.42. The van der Waals surface area contributed by atoms with Crippen molar-refractivity contribution >= 4 is 18.9 Å². The summed E-state index contributed by atoms with van der Waals surface area (Å²) in [4.78, 5) is 18.9. The summed E-state index contributed by atoms with van der Waals surface area (Å²) >= 11 is 0. The monoisotopic (exact) mass is 203 g/mol. The van der Waals surface area contributed by atoms with Gasteiger partial charge in [0.15, 0.2) is 0 Å². The van der Waals surface area contributed by atoms with Crippen LogP contribution in [-0.2, 0) is 4.57 Å². The number of hydrogen-bond acceptors (Lipinski definition) is 3. The molecule has 0 aromatic rings. The summed E-state index contributed by atoms with van der Waals surface area (Å²) in [7, 11) is -3.33. The Kier molecular flexibility index (Phi) is 6.98. The maximum absolute atomic E-state index is 10.8. The van der Waals surface area contributed by atoms with Crippen molar-refractivity contribution in [2.75, 3.05) is 6.66 Å². The van der Waals surface area contributed by atoms with E-state index in [0.717, 1.165) is 6.66 Å². The van der Waals surface area contributed by atoms with Gasteiger partial charge >= 0.3 is 35.6 Å². The van der Waals surface area contributed by atoms with Crippen molar-refractivity contribution in [2.45, 2.75) is 6.92 Å². The molecule has 12 heavy (non-hydrogen) atoms. The third-order valence-corrected chi connectivity index (χ3v) is 2.23. The van der Waals surface area contributed by atoms with Crippen LogP contribution >= 0.6 is 7.37 Å². The second kappa shape index (κ2) is 5.72. The minimum Gasteiger partial charge on any atom is -1.00 e. The fraction of sp³-hybridized carbons (Fsp3) is 0.500. The van der Waals surface area contributed by atoms with Gasteiger partial charge in [-0.25, -0.2) is 10.2 Å². The number of nitrogens with one attached hydrogen (secondary N) is 1. The van der Waals surface area contributed by atoms with Crippen LogP contribution < -0.4 is 40.7 Å². The molecule has 6 nitrogen and oxygen atoms in total. The van der Waals surface area contributed by atoms with Gasteiger partial charge in [0.05, 0.1) is 0 Å². The van der Waals surface area contributed by atoms with E-state index < -0.39 is 13.4 Å². The molecular weight excluding hydrogens is 192 g/mol. The van der Waals surface area contributed by atoms with E-state index in [1.54, 1.807) is 0 Å². The molecule has 0 aliphatic heterocycles. The van der Waals surface area contributed by atoms with Gasteiger partial charge in [0.25, 0.3) is 0 Å². The average molecular weight is 203 g/mol. The summed E-state index contributed by atoms with van der Waals surface area (Å²) in [6, 6.07) is -0.863. The predicted molar refractivity (Wildman–Crippen MR) is 42.7 cm³/mol. The van der Waals surface area contributed by atoms with E-state index >= 15 is 0 Å². The van der Waals surface area contributed by atoms with E-state index in [1.165, 1.54) is 6.92 Å². The van der Waals surface area contributed by atoms with Gasteiger partial charge in [0.2, 0.25) is 7.37 Å². The summed E-state index contributed by atoms with van der Waals surface area (Å²) in [6.07, 6.45) is 0. The van der Waals surface area contributed by atoms with Crippen LogP contribution in [0.2, 0.25) is 0 Å². The van der Waals surface area contributed by atoms with Gasteiger partial charge in [-0.15, -0.1) is 0 Å². The molecule has 66 valence electrons. The van der Waals surface area contributed by atoms with E-state index in [2.05, 4.69) is 10.8 Å². The fourth-order valence-corrected chi connectivity index (χ4v) is 0.464. The van der Waals surface area contributed by atoms with E-state index in [0.29, 0.717) is 0 Å². The molecule has 1 unspecified atom stereocenters. The molecule has 0 rings (SSSR count). The zero-order chi connectivity index (χ0) is 9.07. The number of carbonyl (C=O) groups excluding carboxylic acids is 1. The van der Waals surface area contributed by atoms with Crippen LogP contribution in [0.25, 0.3) is 0 Å². The van der Waals surface area contributed by atoms with Gasteiger partial charge in [0, 0.05) is 6.66 Å². The molecule has 8 heteroatoms. The normalized spacial score (nSPS) is 15.8. The number of amides is 2. The number of carbonyl (C=O) groups is 1. The maximum atomic E-state index is 10.8. The molecule has 4 N–H and O–H groups in total. The Hall–Kier alpha value is 0.130. The molecule has 0 spiro atoms. The molecule has 0 aliphatic carbocycles. The summed E-state index contributed by atoms with van der Waals surface area (Å²) in [6.45, 7) is 2.45. The van der Waals surface area contributed by atoms with Crippen molar-refractivity contribution in [2.24, 2.45) is 10.8 Å². The minimum absolute atomic E-state index is 0. The van der Waals surface area contributed by atoms with Crippen molar-refractivity contribution in [1.29, 1.82) is 0 Å². The van der Waals surface area contributed by atoms with Crippen LogP contribution in [0.3, 0.4) is 0 Å². The van der Waals surface area contributed by atoms with E-state index in [4.69, 9.17) is 4.89 Å². The minimum atomic E-state index is -3.33. The Balaban J connectivity index is -0.000000500. The summed E-state index contributed by atoms with van der Waals surface area (Å²) in [5.41, 5.74) is 6.46. The summed E-state index contributed by atoms with van der Waals surface area (Å²) in [5.74, 6) is 0. The fourth-order valence-electron chi connectivity index (χ4n) is 0.229. The number of hydrazone groups is 1. The van der Waals surface area contributed by atoms with Crippen LogP contribution in [0.4, 0.5) is 4.79 Å². The third-order valence-electron chi connectivity index (χ3n) is 0.928. The van der Waals surface area contributed by atoms with Crippen molar-refractivity contribution in [3.05, 3.63) is 0 Å². The van der Waals surface area contributed by atoms with Crippen LogP contribution in [0.15, 0.2) is 5.10 Å². The van der Waals surface area contributed by atoms with Gasteiger partial charge < -0.3 is 12.1 Å². The van der Waals surface area contributed by atoms with Gasteiger partial charge in [-0.3, -0.25) is 4.57 Å². The largest absolute Gasteiger partial charge is 1.00 e. The number of primary amides is 1. The number of rotatable bonds is 2. The van der Waals surface area contributed by atoms with Gasteiger partial charge in [0.1, 0.15) is 5.45 Å². The average Bonchev–Trinajstić information content (AvgIpc) is 1.80. The van der Waals surface area contributed by atoms with E-state index in [-0.39, 0.29) is 36.4 Å². The molecule has 0 radical (unpaired) electrons. The Morgan fingerprint density at radius 1 is 1.75 bits per heavy atom. The first-order chi connectivity index (χ1) is 4.84. The maximum Gasteiger partial charge on any atom is 1.00 e. The predicted octanol–water partition coefficient (Wildman–Crippen LogP) is -3.00. The molecule has 0 saturated heterocycles. The molecule has 0 saturated carbocycles. The standard InChI is InChI=1S/C4H10N3O3P.Na.H/c1-3(11(2,9)10)6-7-4(5)8;;/h1-2H3,(H,9,10)(H3,5,7,8);;/q;+1;-1. The summed E-state index contributed by atoms with van der Waals surface area (Å²) < 4.78 is 10.8. The van der Waals surface area contributed by atoms with Crippen LogP contribution in [0, 0.1) is 0 Å². The molecule has 0 aromatic carbocycles. The number of nitrogens with zero attached hydrogens (tertiary/aromatic N) is 1. The zero-order valence-corrected chi connectivity index (χ0v) is 10.1. The Labute approximate surface area is 93.8 Å². The smallest absolute Gasteiger partial charge is 1.00 e. The van der Waals surface area contributed by atoms with Crippen molar-refractivity contribution in [3.8, 4) is 0 Å².